The fourth-order valence-electron chi connectivity index (χ4n) is 5.02. The van der Waals surface area contributed by atoms with Crippen molar-refractivity contribution in [2.45, 2.75) is 32.6 Å². The third kappa shape index (κ3) is 3.16. The smallest absolute Gasteiger partial charge is 0.162 e. The zero-order valence-electron chi connectivity index (χ0n) is 18.3. The predicted molar refractivity (Wildman–Crippen MR) is 122 cm³/mol. The Morgan fingerprint density at radius 3 is 2.61 bits per heavy atom. The molecule has 1 aliphatic carbocycles. The number of pyridine rings is 1. The van der Waals surface area contributed by atoms with Crippen molar-refractivity contribution < 1.29 is 14.3 Å². The molecule has 5 heteroatoms. The largest absolute Gasteiger partial charge is 0.493 e. The van der Waals surface area contributed by atoms with Crippen molar-refractivity contribution in [2.24, 2.45) is 5.41 Å². The lowest BCUT2D eigenvalue weighted by Crippen LogP contribution is -2.33. The highest BCUT2D eigenvalue weighted by atomic mass is 16.5. The van der Waals surface area contributed by atoms with Crippen molar-refractivity contribution in [3.05, 3.63) is 71.1 Å². The van der Waals surface area contributed by atoms with Gasteiger partial charge >= 0.3 is 0 Å². The zero-order chi connectivity index (χ0) is 21.8. The van der Waals surface area contributed by atoms with Crippen LogP contribution in [0.15, 0.2) is 59.9 Å². The highest BCUT2D eigenvalue weighted by Gasteiger charge is 2.41. The number of nitrogens with one attached hydrogen (secondary N) is 1. The molecule has 2 aliphatic rings. The van der Waals surface area contributed by atoms with E-state index in [0.29, 0.717) is 17.9 Å². The molecule has 31 heavy (non-hydrogen) atoms. The molecule has 0 saturated carbocycles. The first-order valence-corrected chi connectivity index (χ1v) is 10.5. The summed E-state index contributed by atoms with van der Waals surface area (Å²) in [6, 6.07) is 14.1. The second-order valence-corrected chi connectivity index (χ2v) is 9.11. The number of carbonyl (C=O) groups excluding carboxylic acids is 1. The predicted octanol–water partition coefficient (Wildman–Crippen LogP) is 5.45. The Balaban J connectivity index is 1.78. The highest BCUT2D eigenvalue weighted by Crippen LogP contribution is 2.51. The van der Waals surface area contributed by atoms with Gasteiger partial charge in [0.15, 0.2) is 17.3 Å². The maximum Gasteiger partial charge on any atom is 0.162 e. The number of allylic oxidation sites excluding steroid dienone is 2. The molecule has 0 spiro atoms. The van der Waals surface area contributed by atoms with Gasteiger partial charge in [-0.15, -0.1) is 0 Å². The average Bonchev–Trinajstić information content (AvgIpc) is 2.76. The van der Waals surface area contributed by atoms with Gasteiger partial charge in [0.1, 0.15) is 0 Å². The normalized spacial score (nSPS) is 19.5. The first-order chi connectivity index (χ1) is 14.9. The van der Waals surface area contributed by atoms with Crippen molar-refractivity contribution in [1.82, 2.24) is 4.98 Å². The molecule has 1 N–H and O–H groups in total. The molecular formula is C26H26N2O3. The molecule has 0 bridgehead atoms. The molecule has 1 aromatic heterocycles. The van der Waals surface area contributed by atoms with Gasteiger partial charge in [0.05, 0.1) is 25.4 Å². The van der Waals surface area contributed by atoms with E-state index in [2.05, 4.69) is 36.3 Å². The Labute approximate surface area is 182 Å². The summed E-state index contributed by atoms with van der Waals surface area (Å²) in [5.74, 6) is 1.37. The van der Waals surface area contributed by atoms with Crippen LogP contribution in [-0.4, -0.2) is 25.0 Å². The second kappa shape index (κ2) is 7.12. The van der Waals surface area contributed by atoms with E-state index in [1.165, 1.54) is 0 Å². The van der Waals surface area contributed by atoms with Crippen LogP contribution in [0.4, 0.5) is 5.69 Å². The van der Waals surface area contributed by atoms with Gasteiger partial charge in [-0.1, -0.05) is 26.0 Å². The molecule has 2 aromatic carbocycles. The van der Waals surface area contributed by atoms with E-state index in [-0.39, 0.29) is 17.1 Å². The molecule has 0 fully saturated rings. The molecule has 3 aromatic rings. The van der Waals surface area contributed by atoms with Crippen molar-refractivity contribution in [3.63, 3.8) is 0 Å². The Kier molecular flexibility index (Phi) is 4.50. The molecule has 158 valence electrons. The third-order valence-electron chi connectivity index (χ3n) is 6.35. The number of ether oxygens (including phenoxy) is 2. The molecule has 5 rings (SSSR count). The van der Waals surface area contributed by atoms with E-state index in [9.17, 15) is 4.79 Å². The van der Waals surface area contributed by atoms with E-state index in [0.717, 1.165) is 45.4 Å². The van der Waals surface area contributed by atoms with Crippen LogP contribution in [0, 0.1) is 5.41 Å². The number of benzene rings is 2. The summed E-state index contributed by atoms with van der Waals surface area (Å²) in [7, 11) is 3.26. The first-order valence-electron chi connectivity index (χ1n) is 10.5. The minimum Gasteiger partial charge on any atom is -0.493 e. The number of nitrogens with zero attached hydrogens (tertiary/aromatic N) is 1. The molecule has 0 radical (unpaired) electrons. The number of fused-ring (bicyclic) bond motifs is 3. The molecule has 0 amide bonds. The van der Waals surface area contributed by atoms with Gasteiger partial charge in [0.2, 0.25) is 0 Å². The van der Waals surface area contributed by atoms with Gasteiger partial charge in [0.25, 0.3) is 0 Å². The van der Waals surface area contributed by atoms with E-state index in [1.54, 1.807) is 20.4 Å². The maximum atomic E-state index is 13.4. The van der Waals surface area contributed by atoms with Gasteiger partial charge in [0, 0.05) is 35.2 Å². The van der Waals surface area contributed by atoms with Gasteiger partial charge in [-0.25, -0.2) is 0 Å². The van der Waals surface area contributed by atoms with E-state index < -0.39 is 0 Å². The molecule has 1 aliphatic heterocycles. The summed E-state index contributed by atoms with van der Waals surface area (Å²) in [6.07, 6.45) is 3.18. The number of hydrogen-bond acceptors (Lipinski definition) is 5. The number of hydrogen-bond donors (Lipinski definition) is 1. The molecule has 1 unspecified atom stereocenters. The van der Waals surface area contributed by atoms with E-state index >= 15 is 0 Å². The summed E-state index contributed by atoms with van der Waals surface area (Å²) in [5, 5.41) is 4.70. The minimum atomic E-state index is -0.167. The minimum absolute atomic E-state index is 0.0780. The summed E-state index contributed by atoms with van der Waals surface area (Å²) in [4.78, 5) is 17.9. The lowest BCUT2D eigenvalue weighted by atomic mass is 9.68. The van der Waals surface area contributed by atoms with Crippen LogP contribution in [0.2, 0.25) is 0 Å². The first kappa shape index (κ1) is 19.6. The van der Waals surface area contributed by atoms with Crippen LogP contribution in [0.1, 0.15) is 43.7 Å². The van der Waals surface area contributed by atoms with Crippen LogP contribution < -0.4 is 14.8 Å². The lowest BCUT2D eigenvalue weighted by Gasteiger charge is -2.40. The number of ketones is 1. The van der Waals surface area contributed by atoms with Crippen LogP contribution in [0.3, 0.4) is 0 Å². The number of methoxy groups -OCH3 is 2. The van der Waals surface area contributed by atoms with Gasteiger partial charge < -0.3 is 14.8 Å². The van der Waals surface area contributed by atoms with Crippen molar-refractivity contribution in [1.29, 1.82) is 0 Å². The molecule has 2 heterocycles. The Hall–Kier alpha value is -3.34. The number of aromatic nitrogens is 1. The van der Waals surface area contributed by atoms with Gasteiger partial charge in [-0.2, -0.15) is 0 Å². The number of rotatable bonds is 3. The lowest BCUT2D eigenvalue weighted by molar-refractivity contribution is -0.118. The van der Waals surface area contributed by atoms with Crippen molar-refractivity contribution in [2.75, 3.05) is 19.5 Å². The summed E-state index contributed by atoms with van der Waals surface area (Å²) in [5.41, 5.74) is 5.88. The van der Waals surface area contributed by atoms with Crippen molar-refractivity contribution in [3.8, 4) is 11.5 Å². The fraction of sp³-hybridized carbons (Fsp3) is 0.308. The average molecular weight is 415 g/mol. The standard InChI is InChI=1S/C26H26N2O3/c1-26(2)13-19-24(20(29)14-26)23(15-7-10-21(30-3)22(12-15)31-4)17-8-9-18-16(25(17)28-19)6-5-11-27-18/h5-12,23,28H,13-14H2,1-4H3. The monoisotopic (exact) mass is 414 g/mol. The number of Topliss-reactive ketones (excluding diaryl/α,β-unsaturated/α-hetero) is 1. The van der Waals surface area contributed by atoms with Crippen LogP contribution in [-0.2, 0) is 4.79 Å². The molecule has 0 saturated heterocycles. The van der Waals surface area contributed by atoms with E-state index in [4.69, 9.17) is 9.47 Å². The Morgan fingerprint density at radius 1 is 1.03 bits per heavy atom. The second-order valence-electron chi connectivity index (χ2n) is 9.11. The number of anilines is 1. The fourth-order valence-corrected chi connectivity index (χ4v) is 5.02. The SMILES string of the molecule is COc1ccc(C2C3=C(CC(C)(C)CC3=O)Nc3c2ccc2ncccc32)cc1OC. The summed E-state index contributed by atoms with van der Waals surface area (Å²) >= 11 is 0. The Bertz CT molecular complexity index is 1240. The molecule has 5 nitrogen and oxygen atoms in total. The molecular weight excluding hydrogens is 388 g/mol. The van der Waals surface area contributed by atoms with Gasteiger partial charge in [-0.05, 0) is 53.3 Å². The topological polar surface area (TPSA) is 60.5 Å². The quantitative estimate of drug-likeness (QED) is 0.617. The maximum absolute atomic E-state index is 13.4. The highest BCUT2D eigenvalue weighted by molar-refractivity contribution is 6.04. The van der Waals surface area contributed by atoms with Crippen LogP contribution >= 0.6 is 0 Å². The Morgan fingerprint density at radius 2 is 1.84 bits per heavy atom. The number of carbonyl (C=O) groups is 1. The van der Waals surface area contributed by atoms with Crippen molar-refractivity contribution >= 4 is 22.4 Å². The van der Waals surface area contributed by atoms with Gasteiger partial charge in [-0.3, -0.25) is 9.78 Å². The van der Waals surface area contributed by atoms with Crippen LogP contribution in [0.5, 0.6) is 11.5 Å². The summed E-state index contributed by atoms with van der Waals surface area (Å²) < 4.78 is 11.0. The van der Waals surface area contributed by atoms with E-state index in [1.807, 2.05) is 30.3 Å². The molecule has 1 atom stereocenters. The summed E-state index contributed by atoms with van der Waals surface area (Å²) in [6.45, 7) is 4.31. The third-order valence-corrected chi connectivity index (χ3v) is 6.35. The zero-order valence-corrected chi connectivity index (χ0v) is 18.3. The van der Waals surface area contributed by atoms with Crippen LogP contribution in [0.25, 0.3) is 10.9 Å².